The maximum Gasteiger partial charge on any atom is 0.141 e. The molecule has 43 heavy (non-hydrogen) atoms. The van der Waals surface area contributed by atoms with E-state index in [0.29, 0.717) is 11.6 Å². The molecule has 7 aromatic rings. The second-order valence-corrected chi connectivity index (χ2v) is 22.5. The van der Waals surface area contributed by atoms with Crippen LogP contribution in [0.2, 0.25) is 17.3 Å². The quantitative estimate of drug-likeness (QED) is 0.132. The Hall–Kier alpha value is -3.58. The van der Waals surface area contributed by atoms with Gasteiger partial charge in [-0.15, -0.1) is 6.07 Å². The summed E-state index contributed by atoms with van der Waals surface area (Å²) in [7, 11) is 2.01. The molecule has 1 radical (unpaired) electrons. The van der Waals surface area contributed by atoms with Crippen LogP contribution in [0.15, 0.2) is 95.5 Å². The summed E-state index contributed by atoms with van der Waals surface area (Å²) in [6.07, 6.45) is 5.18. The Morgan fingerprint density at radius 2 is 1.60 bits per heavy atom. The first-order chi connectivity index (χ1) is 20.2. The predicted molar refractivity (Wildman–Crippen MR) is 176 cm³/mol. The van der Waals surface area contributed by atoms with Crippen LogP contribution in [-0.4, -0.2) is 32.8 Å². The number of fused-ring (bicyclic) bond motifs is 4. The molecular formula is C36H34GeIrN4O-2. The molecule has 0 saturated carbocycles. The van der Waals surface area contributed by atoms with Gasteiger partial charge in [-0.25, -0.2) is 0 Å². The number of para-hydroxylation sites is 3. The number of aromatic nitrogens is 4. The van der Waals surface area contributed by atoms with Crippen LogP contribution in [0.5, 0.6) is 0 Å². The van der Waals surface area contributed by atoms with E-state index in [0.717, 1.165) is 50.0 Å². The van der Waals surface area contributed by atoms with Crippen molar-refractivity contribution in [3.05, 3.63) is 109 Å². The van der Waals surface area contributed by atoms with Gasteiger partial charge in [0.15, 0.2) is 0 Å². The molecule has 7 rings (SSSR count). The van der Waals surface area contributed by atoms with Crippen molar-refractivity contribution in [2.45, 2.75) is 37.0 Å². The maximum atomic E-state index is 5.76. The molecule has 219 valence electrons. The SMILES string of the molecule is CC(C)c1cc(-c2[c-]cccc2)nc[c]1[Ge]([CH3])([CH3])[CH3].Cn1c(-c2[c-]nc3oc4ccccc4c3c2)nc2ccccc21.[Ir]. The Bertz CT molecular complexity index is 2020. The molecule has 0 fully saturated rings. The topological polar surface area (TPSA) is 56.7 Å². The van der Waals surface area contributed by atoms with E-state index in [9.17, 15) is 0 Å². The van der Waals surface area contributed by atoms with E-state index in [-0.39, 0.29) is 20.1 Å². The number of nitrogens with zero attached hydrogens (tertiary/aromatic N) is 4. The molecule has 0 aliphatic rings. The van der Waals surface area contributed by atoms with Crippen LogP contribution in [0.25, 0.3) is 55.7 Å². The normalized spacial score (nSPS) is 11.5. The third-order valence-electron chi connectivity index (χ3n) is 7.56. The van der Waals surface area contributed by atoms with Crippen molar-refractivity contribution in [3.63, 3.8) is 0 Å². The average molecular weight is 804 g/mol. The van der Waals surface area contributed by atoms with Gasteiger partial charge in [-0.3, -0.25) is 4.98 Å². The van der Waals surface area contributed by atoms with E-state index in [4.69, 9.17) is 9.40 Å². The van der Waals surface area contributed by atoms with Gasteiger partial charge in [0.25, 0.3) is 0 Å². The molecule has 0 amide bonds. The van der Waals surface area contributed by atoms with E-state index in [1.807, 2.05) is 67.7 Å². The van der Waals surface area contributed by atoms with Crippen LogP contribution in [0, 0.1) is 12.3 Å². The van der Waals surface area contributed by atoms with Gasteiger partial charge in [0.05, 0.1) is 16.9 Å². The number of aryl methyl sites for hydroxylation is 1. The van der Waals surface area contributed by atoms with Gasteiger partial charge in [-0.05, 0) is 29.8 Å². The molecule has 0 atom stereocenters. The van der Waals surface area contributed by atoms with Crippen molar-refractivity contribution < 1.29 is 24.5 Å². The van der Waals surface area contributed by atoms with E-state index < -0.39 is 13.3 Å². The third-order valence-corrected chi connectivity index (χ3v) is 11.8. The minimum Gasteiger partial charge on any atom is -0.483 e. The summed E-state index contributed by atoms with van der Waals surface area (Å²) in [5.74, 6) is 8.68. The fourth-order valence-corrected chi connectivity index (χ4v) is 8.86. The molecule has 0 unspecified atom stereocenters. The van der Waals surface area contributed by atoms with E-state index in [1.54, 1.807) is 0 Å². The molecule has 0 spiro atoms. The fraction of sp³-hybridized carbons (Fsp3) is 0.194. The Labute approximate surface area is 269 Å². The van der Waals surface area contributed by atoms with Crippen molar-refractivity contribution in [1.82, 2.24) is 19.5 Å². The summed E-state index contributed by atoms with van der Waals surface area (Å²) in [6, 6.07) is 31.7. The Morgan fingerprint density at radius 3 is 2.33 bits per heavy atom. The fourth-order valence-electron chi connectivity index (χ4n) is 5.34. The smallest absolute Gasteiger partial charge is 0.141 e. The summed E-state index contributed by atoms with van der Waals surface area (Å²) in [4.78, 5) is 13.7. The molecule has 0 aliphatic carbocycles. The van der Waals surface area contributed by atoms with Crippen LogP contribution in [0.3, 0.4) is 0 Å². The number of benzene rings is 3. The Kier molecular flexibility index (Phi) is 9.02. The maximum absolute atomic E-state index is 5.76. The molecule has 4 aromatic heterocycles. The van der Waals surface area contributed by atoms with Crippen LogP contribution in [-0.2, 0) is 27.2 Å². The number of hydrogen-bond acceptors (Lipinski definition) is 4. The first-order valence-electron chi connectivity index (χ1n) is 14.3. The van der Waals surface area contributed by atoms with Gasteiger partial charge in [0, 0.05) is 32.5 Å². The van der Waals surface area contributed by atoms with Crippen molar-refractivity contribution in [2.24, 2.45) is 7.05 Å². The van der Waals surface area contributed by atoms with Crippen LogP contribution in [0.1, 0.15) is 25.3 Å². The van der Waals surface area contributed by atoms with E-state index >= 15 is 0 Å². The zero-order valence-corrected chi connectivity index (χ0v) is 29.8. The molecule has 0 saturated heterocycles. The van der Waals surface area contributed by atoms with Crippen molar-refractivity contribution in [3.8, 4) is 22.6 Å². The molecule has 0 bridgehead atoms. The standard InChI is InChI=1S/C19H12N3O.C17H22GeN.Ir/c1-22-16-8-4-3-7-15(16)21-18(22)12-10-14-13-6-2-5-9-17(13)23-19(14)20-11-12;1-13(2)15-11-17(14-9-7-6-8-10-14)19-12-16(15)18(3,4)5;/h2-10H,1H3;6-9,11-13H,1-5H3;/q2*-1;. The summed E-state index contributed by atoms with van der Waals surface area (Å²) in [5.41, 5.74) is 7.96. The minimum absolute atomic E-state index is 0. The van der Waals surface area contributed by atoms with Crippen molar-refractivity contribution >= 4 is 50.8 Å². The zero-order chi connectivity index (χ0) is 29.4. The van der Waals surface area contributed by atoms with Gasteiger partial charge in [0.2, 0.25) is 0 Å². The van der Waals surface area contributed by atoms with Gasteiger partial charge >= 0.3 is 119 Å². The molecule has 4 heterocycles. The molecule has 7 heteroatoms. The number of rotatable bonds is 4. The Morgan fingerprint density at radius 1 is 0.860 bits per heavy atom. The first kappa shape index (κ1) is 30.9. The molecule has 0 N–H and O–H groups in total. The monoisotopic (exact) mass is 805 g/mol. The second-order valence-electron chi connectivity index (χ2n) is 11.9. The van der Waals surface area contributed by atoms with Gasteiger partial charge < -0.3 is 14.0 Å². The zero-order valence-electron chi connectivity index (χ0n) is 25.3. The number of pyridine rings is 2. The summed E-state index contributed by atoms with van der Waals surface area (Å²) < 4.78 is 9.35. The molecule has 0 aliphatic heterocycles. The molecule has 5 nitrogen and oxygen atoms in total. The Balaban J connectivity index is 0.000000171. The largest absolute Gasteiger partial charge is 0.483 e. The number of hydrogen-bond donors (Lipinski definition) is 0. The van der Waals surface area contributed by atoms with Crippen molar-refractivity contribution in [1.29, 1.82) is 0 Å². The first-order valence-corrected chi connectivity index (χ1v) is 21.6. The van der Waals surface area contributed by atoms with Gasteiger partial charge in [0.1, 0.15) is 11.3 Å². The third kappa shape index (κ3) is 6.23. The van der Waals surface area contributed by atoms with Crippen LogP contribution < -0.4 is 4.40 Å². The van der Waals surface area contributed by atoms with Gasteiger partial charge in [-0.2, -0.15) is 0 Å². The average Bonchev–Trinajstić information content (AvgIpc) is 3.54. The minimum atomic E-state index is -1.85. The van der Waals surface area contributed by atoms with Crippen LogP contribution >= 0.6 is 0 Å². The number of furan rings is 1. The van der Waals surface area contributed by atoms with Crippen LogP contribution in [0.4, 0.5) is 0 Å². The molecule has 3 aromatic carbocycles. The second kappa shape index (κ2) is 12.6. The summed E-state index contributed by atoms with van der Waals surface area (Å²) >= 11 is -1.85. The van der Waals surface area contributed by atoms with E-state index in [2.05, 4.69) is 88.4 Å². The molecular weight excluding hydrogens is 769 g/mol. The van der Waals surface area contributed by atoms with E-state index in [1.165, 1.54) is 9.96 Å². The summed E-state index contributed by atoms with van der Waals surface area (Å²) in [6.45, 7) is 4.54. The number of imidazole rings is 1. The van der Waals surface area contributed by atoms with Gasteiger partial charge in [-0.1, -0.05) is 35.9 Å². The predicted octanol–water partition coefficient (Wildman–Crippen LogP) is 8.55. The van der Waals surface area contributed by atoms with Crippen molar-refractivity contribution in [2.75, 3.05) is 0 Å². The summed E-state index contributed by atoms with van der Waals surface area (Å²) in [5, 5.41) is 2.05.